The number of halogens is 2. The number of rotatable bonds is 2. The summed E-state index contributed by atoms with van der Waals surface area (Å²) in [4.78, 5) is 56.6. The Morgan fingerprint density at radius 1 is 0.455 bits per heavy atom. The summed E-state index contributed by atoms with van der Waals surface area (Å²) in [5.74, 6) is 4.64. The fourth-order valence-corrected chi connectivity index (χ4v) is 13.8. The van der Waals surface area contributed by atoms with Crippen LogP contribution in [0.4, 0.5) is 39.3 Å². The van der Waals surface area contributed by atoms with Gasteiger partial charge in [0.2, 0.25) is 5.91 Å². The Morgan fingerprint density at radius 3 is 1.55 bits per heavy atom. The number of aromatic nitrogens is 6. The second kappa shape index (κ2) is 40.8. The number of aliphatic imine (C=N–C) groups is 1. The highest BCUT2D eigenvalue weighted by atomic mass is 35.5. The molecule has 123 heavy (non-hydrogen) atoms. The van der Waals surface area contributed by atoms with E-state index in [1.807, 2.05) is 159 Å². The number of oxime groups is 2. The van der Waals surface area contributed by atoms with Crippen LogP contribution in [0.3, 0.4) is 0 Å². The lowest BCUT2D eigenvalue weighted by molar-refractivity contribution is 0.0963. The van der Waals surface area contributed by atoms with E-state index in [4.69, 9.17) is 83.1 Å². The number of nitrogen functional groups attached to an aromatic ring is 5. The molecule has 15 aromatic rings. The van der Waals surface area contributed by atoms with Crippen LogP contribution in [0.2, 0.25) is 5.02 Å². The molecule has 0 fully saturated rings. The maximum Gasteiger partial charge on any atom is 0.251 e. The number of primary amides is 1. The van der Waals surface area contributed by atoms with E-state index in [1.54, 1.807) is 56.0 Å². The van der Waals surface area contributed by atoms with Gasteiger partial charge in [0.15, 0.2) is 23.1 Å². The number of pyridine rings is 5. The number of carbonyl (C=O) groups excluding carboxylic acids is 2. The first kappa shape index (κ1) is 89.0. The van der Waals surface area contributed by atoms with Gasteiger partial charge in [0, 0.05) is 116 Å². The fourth-order valence-electron chi connectivity index (χ4n) is 13.6. The van der Waals surface area contributed by atoms with Crippen molar-refractivity contribution in [2.24, 2.45) is 44.0 Å². The molecular formula is C95H101ClFN21O5. The molecule has 22 N–H and O–H groups in total. The SMILES string of the molecule is Cc1cc2c(N)nccc2cc1C(N)=O.Cc1cc2c(N)nccc2cc1CN.Cc1cc2c(N)nccc2cc1Cl.Cc1cc2c(N)nccc2cc1F.Cc1ccc2c(c1)C(=O)NC2.Cc1ccc2c(c1)C(N)=NC2.Cc1ccc2c(c1)C(N)=NOC2.Cc1ccc2c(c1)CON=C2N.Cc1ccc2c(n1)NCCC2.Cc1ccc2onc(N)c2c1. The highest BCUT2D eigenvalue weighted by Crippen LogP contribution is 2.30. The lowest BCUT2D eigenvalue weighted by Crippen LogP contribution is -2.20. The quantitative estimate of drug-likeness (QED) is 0.0765. The van der Waals surface area contributed by atoms with E-state index in [-0.39, 0.29) is 11.7 Å². The molecule has 28 heteroatoms. The van der Waals surface area contributed by atoms with Gasteiger partial charge in [-0.1, -0.05) is 122 Å². The summed E-state index contributed by atoms with van der Waals surface area (Å²) < 4.78 is 18.0. The van der Waals surface area contributed by atoms with Crippen LogP contribution < -0.4 is 68.0 Å². The molecular weight excluding hydrogens is 1570 g/mol. The number of anilines is 6. The molecule has 0 unspecified atom stereocenters. The van der Waals surface area contributed by atoms with Gasteiger partial charge in [-0.05, 0) is 257 Å². The van der Waals surface area contributed by atoms with Gasteiger partial charge in [-0.3, -0.25) is 14.6 Å². The Morgan fingerprint density at radius 2 is 0.943 bits per heavy atom. The zero-order valence-electron chi connectivity index (χ0n) is 70.3. The van der Waals surface area contributed by atoms with Crippen molar-refractivity contribution in [2.45, 2.75) is 115 Å². The first-order valence-corrected chi connectivity index (χ1v) is 39.9. The molecule has 0 aliphatic carbocycles. The predicted molar refractivity (Wildman–Crippen MR) is 495 cm³/mol. The van der Waals surface area contributed by atoms with Crippen molar-refractivity contribution in [3.63, 3.8) is 0 Å². The van der Waals surface area contributed by atoms with Crippen LogP contribution in [0.15, 0.2) is 221 Å². The molecule has 2 amide bonds. The Hall–Kier alpha value is -14.8. The summed E-state index contributed by atoms with van der Waals surface area (Å²) >= 11 is 5.98. The number of hydrogen-bond donors (Lipinski definition) is 12. The van der Waals surface area contributed by atoms with E-state index in [9.17, 15) is 14.0 Å². The van der Waals surface area contributed by atoms with Crippen molar-refractivity contribution < 1.29 is 28.2 Å². The molecule has 0 spiro atoms. The van der Waals surface area contributed by atoms with Crippen molar-refractivity contribution in [3.05, 3.63) is 329 Å². The monoisotopic (exact) mass is 1670 g/mol. The Balaban J connectivity index is 0.000000133. The molecule has 0 bridgehead atoms. The predicted octanol–water partition coefficient (Wildman–Crippen LogP) is 16.1. The third-order valence-corrected chi connectivity index (χ3v) is 20.9. The average Bonchev–Trinajstić information content (AvgIpc) is 1.78. The second-order valence-electron chi connectivity index (χ2n) is 30.0. The van der Waals surface area contributed by atoms with E-state index >= 15 is 0 Å². The highest BCUT2D eigenvalue weighted by Gasteiger charge is 2.19. The first-order chi connectivity index (χ1) is 58.9. The van der Waals surface area contributed by atoms with Crippen LogP contribution in [-0.2, 0) is 48.9 Å². The van der Waals surface area contributed by atoms with Crippen LogP contribution in [0.1, 0.15) is 133 Å². The van der Waals surface area contributed by atoms with Crippen LogP contribution >= 0.6 is 11.6 Å². The molecule has 0 atom stereocenters. The topological polar surface area (TPSA) is 464 Å². The van der Waals surface area contributed by atoms with E-state index in [0.717, 1.165) is 150 Å². The van der Waals surface area contributed by atoms with Gasteiger partial charge in [-0.25, -0.2) is 29.3 Å². The number of carbonyl (C=O) groups is 2. The molecule has 5 aliphatic heterocycles. The largest absolute Gasteiger partial charge is 0.389 e. The molecule has 0 saturated carbocycles. The van der Waals surface area contributed by atoms with Gasteiger partial charge in [0.05, 0.1) is 11.9 Å². The minimum atomic E-state index is -0.426. The lowest BCUT2D eigenvalue weighted by atomic mass is 10.0. The molecule has 6 aromatic heterocycles. The van der Waals surface area contributed by atoms with Crippen LogP contribution in [0, 0.1) is 75.1 Å². The van der Waals surface area contributed by atoms with Gasteiger partial charge in [0.25, 0.3) is 5.91 Å². The third-order valence-electron chi connectivity index (χ3n) is 20.5. The highest BCUT2D eigenvalue weighted by molar-refractivity contribution is 6.32. The van der Waals surface area contributed by atoms with E-state index in [0.29, 0.717) is 84.0 Å². The third kappa shape index (κ3) is 23.0. The van der Waals surface area contributed by atoms with Crippen LogP contribution in [0.25, 0.3) is 54.1 Å². The summed E-state index contributed by atoms with van der Waals surface area (Å²) in [6.07, 6.45) is 8.99. The number of nitrogens with one attached hydrogen (secondary N) is 2. The molecule has 0 saturated heterocycles. The maximum atomic E-state index is 13.1. The normalized spacial score (nSPS) is 12.5. The number of amides is 2. The Labute approximate surface area is 717 Å². The number of hydrogen-bond acceptors (Lipinski definition) is 24. The summed E-state index contributed by atoms with van der Waals surface area (Å²) in [5.41, 5.74) is 79.2. The minimum Gasteiger partial charge on any atom is -0.389 e. The fraction of sp³-hybridized carbons (Fsp3) is 0.189. The minimum absolute atomic E-state index is 0.0590. The smallest absolute Gasteiger partial charge is 0.251 e. The second-order valence-corrected chi connectivity index (χ2v) is 30.4. The van der Waals surface area contributed by atoms with E-state index in [2.05, 4.69) is 105 Å². The number of amidine groups is 3. The molecule has 9 aromatic carbocycles. The molecule has 20 rings (SSSR count). The summed E-state index contributed by atoms with van der Waals surface area (Å²) in [6.45, 7) is 23.8. The summed E-state index contributed by atoms with van der Waals surface area (Å²) in [7, 11) is 0. The average molecular weight is 1670 g/mol. The van der Waals surface area contributed by atoms with Crippen molar-refractivity contribution >= 4 is 130 Å². The zero-order valence-corrected chi connectivity index (χ0v) is 71.1. The summed E-state index contributed by atoms with van der Waals surface area (Å²) in [6, 6.07) is 56.6. The number of nitrogens with two attached hydrogens (primary N) is 10. The van der Waals surface area contributed by atoms with Gasteiger partial charge < -0.3 is 82.2 Å². The van der Waals surface area contributed by atoms with Gasteiger partial charge in [-0.2, -0.15) is 0 Å². The Bertz CT molecular complexity index is 6430. The Kier molecular flexibility index (Phi) is 29.5. The van der Waals surface area contributed by atoms with E-state index in [1.165, 1.54) is 52.3 Å². The van der Waals surface area contributed by atoms with Gasteiger partial charge >= 0.3 is 0 Å². The van der Waals surface area contributed by atoms with Crippen LogP contribution in [-0.4, -0.2) is 65.9 Å². The molecule has 5 aliphatic rings. The zero-order chi connectivity index (χ0) is 88.3. The maximum absolute atomic E-state index is 13.1. The van der Waals surface area contributed by atoms with Crippen molar-refractivity contribution in [2.75, 3.05) is 40.5 Å². The number of fused-ring (bicyclic) bond motifs is 10. The molecule has 630 valence electrons. The number of aryl methyl sites for hydroxylation is 11. The standard InChI is InChI=1S/C11H11N3O.C11H13N3.C10H9ClN2.C10H9FN2.2C9H10N2O.C9H10N2.C9H12N2.C9H9NO.C8H8N2O/c1-6-4-9-7(2-3-14-10(9)12)5-8(6)11(13)15;1-7-4-10-8(5-9(7)6-12)2-3-14-11(10)13;2*1-6-4-8-7(5-9(6)11)2-3-13-10(8)12;1-6-2-3-8-7(4-6)5-12-11-9(8)10;1-6-2-3-7-5-12-11-9(10)8(7)4-6;1-6-2-3-7-5-11-9(10)8(7)4-6;1-7-4-5-8-3-2-6-10-9(8)11-7;1-6-2-3-7-5-10-9(11)8(7)4-6;1-5-2-3-7-6(4-5)8(9)10-11-7/h2-5H,1H3,(H2,12,14)(H2,13,15);2-5H,6,12H2,1H3,(H2,13,14);2*2-5H,1H3,(H2,12,13);2*2-4H,5H2,1H3,(H2,10,11);2-4H,5H2,1H3,(H2,10,11);4-5H,2-3,6H2,1H3,(H,10,11);2-4H,5H2,1H3,(H,10,11);2-4H,1H3,(H2,9,10). The van der Waals surface area contributed by atoms with Crippen molar-refractivity contribution in [3.8, 4) is 0 Å². The molecule has 0 radical (unpaired) electrons. The van der Waals surface area contributed by atoms with Crippen LogP contribution in [0.5, 0.6) is 0 Å². The number of nitrogens with zero attached hydrogens (tertiary/aromatic N) is 9. The van der Waals surface area contributed by atoms with Gasteiger partial charge in [-0.15, -0.1) is 0 Å². The van der Waals surface area contributed by atoms with Crippen molar-refractivity contribution in [1.82, 2.24) is 35.4 Å². The molecule has 11 heterocycles. The van der Waals surface area contributed by atoms with Crippen molar-refractivity contribution in [1.29, 1.82) is 0 Å². The first-order valence-electron chi connectivity index (χ1n) is 39.5. The summed E-state index contributed by atoms with van der Waals surface area (Å²) in [5, 5.41) is 26.2. The lowest BCUT2D eigenvalue weighted by Gasteiger charge is -2.16. The van der Waals surface area contributed by atoms with E-state index < -0.39 is 5.91 Å². The van der Waals surface area contributed by atoms with Gasteiger partial charge in [0.1, 0.15) is 54.0 Å². The number of benzene rings is 9. The molecule has 26 nitrogen and oxygen atoms in total.